The summed E-state index contributed by atoms with van der Waals surface area (Å²) in [5.41, 5.74) is 1.54. The Morgan fingerprint density at radius 3 is 2.75 bits per heavy atom. The lowest BCUT2D eigenvalue weighted by molar-refractivity contribution is 0.126. The molecule has 2 aromatic rings. The standard InChI is InChI=1S/C15H14FN3O/c16-12-3-1-2-11(10-12)14-6-9-19(14)15(20)18-13-4-7-17-8-5-13/h1-5,7-8,10,14H,6,9H2,(H,17,18,20). The molecule has 1 atom stereocenters. The predicted molar refractivity (Wildman–Crippen MR) is 73.7 cm³/mol. The number of hydrogen-bond acceptors (Lipinski definition) is 2. The number of amides is 2. The molecular weight excluding hydrogens is 257 g/mol. The quantitative estimate of drug-likeness (QED) is 0.911. The fourth-order valence-electron chi connectivity index (χ4n) is 2.32. The van der Waals surface area contributed by atoms with Gasteiger partial charge in [-0.3, -0.25) is 4.98 Å². The van der Waals surface area contributed by atoms with Crippen LogP contribution in [0.15, 0.2) is 48.8 Å². The predicted octanol–water partition coefficient (Wildman–Crippen LogP) is 3.20. The monoisotopic (exact) mass is 271 g/mol. The van der Waals surface area contributed by atoms with Gasteiger partial charge in [0.2, 0.25) is 0 Å². The second kappa shape index (κ2) is 5.28. The van der Waals surface area contributed by atoms with Crippen LogP contribution in [0.4, 0.5) is 14.9 Å². The topological polar surface area (TPSA) is 45.2 Å². The number of anilines is 1. The number of rotatable bonds is 2. The largest absolute Gasteiger partial charge is 0.322 e. The molecule has 1 aliphatic heterocycles. The van der Waals surface area contributed by atoms with Gasteiger partial charge < -0.3 is 10.2 Å². The minimum atomic E-state index is -0.274. The third kappa shape index (κ3) is 2.47. The number of hydrogen-bond donors (Lipinski definition) is 1. The van der Waals surface area contributed by atoms with Crippen molar-refractivity contribution in [1.82, 2.24) is 9.88 Å². The molecule has 102 valence electrons. The van der Waals surface area contributed by atoms with Crippen molar-refractivity contribution in [3.05, 3.63) is 60.2 Å². The van der Waals surface area contributed by atoms with Gasteiger partial charge in [-0.1, -0.05) is 12.1 Å². The van der Waals surface area contributed by atoms with E-state index in [1.54, 1.807) is 35.5 Å². The number of pyridine rings is 1. The van der Waals surface area contributed by atoms with Gasteiger partial charge in [-0.2, -0.15) is 0 Å². The van der Waals surface area contributed by atoms with Crippen LogP contribution in [0.1, 0.15) is 18.0 Å². The Balaban J connectivity index is 1.70. The fourth-order valence-corrected chi connectivity index (χ4v) is 2.32. The van der Waals surface area contributed by atoms with Crippen LogP contribution < -0.4 is 5.32 Å². The van der Waals surface area contributed by atoms with Crippen LogP contribution in [0.25, 0.3) is 0 Å². The third-order valence-corrected chi connectivity index (χ3v) is 3.45. The molecule has 2 amide bonds. The molecule has 1 fully saturated rings. The smallest absolute Gasteiger partial charge is 0.317 e. The number of carbonyl (C=O) groups is 1. The Labute approximate surface area is 116 Å². The maximum Gasteiger partial charge on any atom is 0.322 e. The molecule has 0 radical (unpaired) electrons. The van der Waals surface area contributed by atoms with Crippen molar-refractivity contribution < 1.29 is 9.18 Å². The molecule has 0 aliphatic carbocycles. The molecule has 1 saturated heterocycles. The number of nitrogens with one attached hydrogen (secondary N) is 1. The summed E-state index contributed by atoms with van der Waals surface area (Å²) in [6.07, 6.45) is 4.10. The van der Waals surface area contributed by atoms with Gasteiger partial charge in [0.05, 0.1) is 6.04 Å². The average Bonchev–Trinajstić information content (AvgIpc) is 2.38. The summed E-state index contributed by atoms with van der Waals surface area (Å²) in [7, 11) is 0. The van der Waals surface area contributed by atoms with Crippen LogP contribution in [0, 0.1) is 5.82 Å². The first-order chi connectivity index (χ1) is 9.74. The van der Waals surface area contributed by atoms with Crippen molar-refractivity contribution in [2.45, 2.75) is 12.5 Å². The van der Waals surface area contributed by atoms with Crippen molar-refractivity contribution in [2.24, 2.45) is 0 Å². The lowest BCUT2D eigenvalue weighted by Gasteiger charge is -2.41. The number of aromatic nitrogens is 1. The van der Waals surface area contributed by atoms with Crippen molar-refractivity contribution in [3.8, 4) is 0 Å². The summed E-state index contributed by atoms with van der Waals surface area (Å²) in [5.74, 6) is -0.274. The Kier molecular flexibility index (Phi) is 3.33. The van der Waals surface area contributed by atoms with Crippen LogP contribution in [-0.4, -0.2) is 22.5 Å². The molecule has 1 aromatic heterocycles. The average molecular weight is 271 g/mol. The van der Waals surface area contributed by atoms with E-state index in [0.29, 0.717) is 12.2 Å². The van der Waals surface area contributed by atoms with Gasteiger partial charge in [0.1, 0.15) is 5.82 Å². The van der Waals surface area contributed by atoms with Gasteiger partial charge >= 0.3 is 6.03 Å². The van der Waals surface area contributed by atoms with Gasteiger partial charge in [-0.25, -0.2) is 9.18 Å². The molecule has 5 heteroatoms. The molecule has 1 unspecified atom stereocenters. The first-order valence-corrected chi connectivity index (χ1v) is 6.47. The van der Waals surface area contributed by atoms with Crippen LogP contribution >= 0.6 is 0 Å². The summed E-state index contributed by atoms with van der Waals surface area (Å²) in [4.78, 5) is 17.8. The van der Waals surface area contributed by atoms with Crippen molar-refractivity contribution in [2.75, 3.05) is 11.9 Å². The summed E-state index contributed by atoms with van der Waals surface area (Å²) >= 11 is 0. The van der Waals surface area contributed by atoms with Crippen LogP contribution in [0.5, 0.6) is 0 Å². The second-order valence-electron chi connectivity index (χ2n) is 4.72. The normalized spacial score (nSPS) is 17.4. The minimum absolute atomic E-state index is 0.0486. The number of benzene rings is 1. The molecule has 4 nitrogen and oxygen atoms in total. The number of urea groups is 1. The first-order valence-electron chi connectivity index (χ1n) is 6.47. The lowest BCUT2D eigenvalue weighted by atomic mass is 9.95. The Hall–Kier alpha value is -2.43. The lowest BCUT2D eigenvalue weighted by Crippen LogP contribution is -2.47. The second-order valence-corrected chi connectivity index (χ2v) is 4.72. The summed E-state index contributed by atoms with van der Waals surface area (Å²) in [5, 5.41) is 2.81. The van der Waals surface area contributed by atoms with E-state index >= 15 is 0 Å². The van der Waals surface area contributed by atoms with Crippen LogP contribution in [0.3, 0.4) is 0 Å². The van der Waals surface area contributed by atoms with Crippen molar-refractivity contribution in [1.29, 1.82) is 0 Å². The van der Waals surface area contributed by atoms with Gasteiger partial charge in [0, 0.05) is 24.6 Å². The first kappa shape index (κ1) is 12.6. The zero-order valence-electron chi connectivity index (χ0n) is 10.8. The molecule has 1 aliphatic rings. The van der Waals surface area contributed by atoms with E-state index < -0.39 is 0 Å². The Morgan fingerprint density at radius 2 is 2.10 bits per heavy atom. The van der Waals surface area contributed by atoms with Gasteiger partial charge in [-0.15, -0.1) is 0 Å². The number of nitrogens with zero attached hydrogens (tertiary/aromatic N) is 2. The summed E-state index contributed by atoms with van der Waals surface area (Å²) < 4.78 is 13.2. The highest BCUT2D eigenvalue weighted by atomic mass is 19.1. The van der Waals surface area contributed by atoms with E-state index in [-0.39, 0.29) is 17.9 Å². The van der Waals surface area contributed by atoms with Crippen molar-refractivity contribution >= 4 is 11.7 Å². The van der Waals surface area contributed by atoms with Crippen LogP contribution in [0.2, 0.25) is 0 Å². The highest BCUT2D eigenvalue weighted by molar-refractivity contribution is 5.90. The van der Waals surface area contributed by atoms with Crippen molar-refractivity contribution in [3.63, 3.8) is 0 Å². The molecule has 1 N–H and O–H groups in total. The molecule has 0 spiro atoms. The highest BCUT2D eigenvalue weighted by Crippen LogP contribution is 2.33. The van der Waals surface area contributed by atoms with E-state index in [2.05, 4.69) is 10.3 Å². The van der Waals surface area contributed by atoms with E-state index in [9.17, 15) is 9.18 Å². The summed E-state index contributed by atoms with van der Waals surface area (Å²) in [6, 6.07) is 9.65. The number of carbonyl (C=O) groups excluding carboxylic acids is 1. The van der Waals surface area contributed by atoms with Gasteiger partial charge in [0.15, 0.2) is 0 Å². The number of halogens is 1. The Morgan fingerprint density at radius 1 is 1.30 bits per heavy atom. The third-order valence-electron chi connectivity index (χ3n) is 3.45. The van der Waals surface area contributed by atoms with E-state index in [0.717, 1.165) is 12.0 Å². The molecule has 0 saturated carbocycles. The molecule has 2 heterocycles. The molecular formula is C15H14FN3O. The van der Waals surface area contributed by atoms with Gasteiger partial charge in [-0.05, 0) is 36.2 Å². The van der Waals surface area contributed by atoms with E-state index in [1.165, 1.54) is 12.1 Å². The zero-order chi connectivity index (χ0) is 13.9. The van der Waals surface area contributed by atoms with E-state index in [4.69, 9.17) is 0 Å². The maximum absolute atomic E-state index is 13.2. The SMILES string of the molecule is O=C(Nc1ccncc1)N1CCC1c1cccc(F)c1. The molecule has 20 heavy (non-hydrogen) atoms. The maximum atomic E-state index is 13.2. The van der Waals surface area contributed by atoms with E-state index in [1.807, 2.05) is 6.07 Å². The highest BCUT2D eigenvalue weighted by Gasteiger charge is 2.33. The van der Waals surface area contributed by atoms with Crippen LogP contribution in [-0.2, 0) is 0 Å². The Bertz CT molecular complexity index is 618. The van der Waals surface area contributed by atoms with Gasteiger partial charge in [0.25, 0.3) is 0 Å². The fraction of sp³-hybridized carbons (Fsp3) is 0.200. The number of likely N-dealkylation sites (tertiary alicyclic amines) is 1. The minimum Gasteiger partial charge on any atom is -0.317 e. The molecule has 3 rings (SSSR count). The summed E-state index contributed by atoms with van der Waals surface area (Å²) in [6.45, 7) is 0.679. The molecule has 1 aromatic carbocycles. The molecule has 0 bridgehead atoms. The zero-order valence-corrected chi connectivity index (χ0v) is 10.8.